The highest BCUT2D eigenvalue weighted by Gasteiger charge is 2.05. The van der Waals surface area contributed by atoms with Gasteiger partial charge in [0.2, 0.25) is 0 Å². The Hall–Kier alpha value is -0.380. The van der Waals surface area contributed by atoms with Crippen LogP contribution in [0.4, 0.5) is 0 Å². The number of thiophene rings is 1. The lowest BCUT2D eigenvalue weighted by atomic mass is 10.2. The van der Waals surface area contributed by atoms with Crippen molar-refractivity contribution in [2.75, 3.05) is 20.1 Å². The molecule has 0 saturated heterocycles. The van der Waals surface area contributed by atoms with Crippen LogP contribution in [0.3, 0.4) is 0 Å². The molecule has 0 radical (unpaired) electrons. The van der Waals surface area contributed by atoms with E-state index in [1.807, 2.05) is 11.3 Å². The Labute approximate surface area is 104 Å². The van der Waals surface area contributed by atoms with Crippen molar-refractivity contribution in [1.82, 2.24) is 10.2 Å². The number of hydrogen-bond acceptors (Lipinski definition) is 3. The van der Waals surface area contributed by atoms with E-state index in [-0.39, 0.29) is 0 Å². The minimum atomic E-state index is 0.742. The quantitative estimate of drug-likeness (QED) is 0.788. The summed E-state index contributed by atoms with van der Waals surface area (Å²) in [6.07, 6.45) is 0. The molecule has 0 unspecified atom stereocenters. The molecule has 0 amide bonds. The van der Waals surface area contributed by atoms with Crippen LogP contribution in [0, 0.1) is 5.92 Å². The summed E-state index contributed by atoms with van der Waals surface area (Å²) < 4.78 is 0. The van der Waals surface area contributed by atoms with Gasteiger partial charge in [-0.2, -0.15) is 0 Å². The van der Waals surface area contributed by atoms with E-state index in [1.165, 1.54) is 16.3 Å². The molecule has 0 bridgehead atoms. The summed E-state index contributed by atoms with van der Waals surface area (Å²) in [6.45, 7) is 11.0. The van der Waals surface area contributed by atoms with E-state index < -0.39 is 0 Å². The molecule has 2 nitrogen and oxygen atoms in total. The first-order chi connectivity index (χ1) is 7.61. The van der Waals surface area contributed by atoms with Crippen molar-refractivity contribution in [2.45, 2.75) is 33.9 Å². The normalized spacial score (nSPS) is 11.6. The number of rotatable bonds is 7. The average Bonchev–Trinajstić information content (AvgIpc) is 2.61. The molecular weight excluding hydrogens is 216 g/mol. The third-order valence-corrected chi connectivity index (χ3v) is 3.44. The number of nitrogens with zero attached hydrogens (tertiary/aromatic N) is 1. The highest BCUT2D eigenvalue weighted by molar-refractivity contribution is 7.11. The SMILES string of the molecule is CCNCc1ccc(CN(C)CC(C)C)s1. The van der Waals surface area contributed by atoms with Crippen LogP contribution in [-0.2, 0) is 13.1 Å². The van der Waals surface area contributed by atoms with Gasteiger partial charge in [-0.25, -0.2) is 0 Å². The van der Waals surface area contributed by atoms with E-state index in [4.69, 9.17) is 0 Å². The van der Waals surface area contributed by atoms with E-state index in [1.54, 1.807) is 0 Å². The summed E-state index contributed by atoms with van der Waals surface area (Å²) >= 11 is 1.92. The van der Waals surface area contributed by atoms with Crippen LogP contribution in [0.5, 0.6) is 0 Å². The third-order valence-electron chi connectivity index (χ3n) is 2.37. The fourth-order valence-electron chi connectivity index (χ4n) is 1.80. The van der Waals surface area contributed by atoms with Crippen molar-refractivity contribution < 1.29 is 0 Å². The van der Waals surface area contributed by atoms with Gasteiger partial charge < -0.3 is 10.2 Å². The molecule has 0 aliphatic rings. The summed E-state index contributed by atoms with van der Waals surface area (Å²) in [5, 5.41) is 3.36. The second kappa shape index (κ2) is 7.05. The Balaban J connectivity index is 2.39. The standard InChI is InChI=1S/C13H24N2S/c1-5-14-8-12-6-7-13(16-12)10-15(4)9-11(2)3/h6-7,11,14H,5,8-10H2,1-4H3. The summed E-state index contributed by atoms with van der Waals surface area (Å²) in [5.74, 6) is 0.742. The first-order valence-electron chi connectivity index (χ1n) is 6.08. The van der Waals surface area contributed by atoms with Gasteiger partial charge in [-0.15, -0.1) is 11.3 Å². The van der Waals surface area contributed by atoms with Crippen LogP contribution in [-0.4, -0.2) is 25.0 Å². The number of nitrogens with one attached hydrogen (secondary N) is 1. The molecule has 16 heavy (non-hydrogen) atoms. The zero-order valence-electron chi connectivity index (χ0n) is 10.9. The van der Waals surface area contributed by atoms with Crippen LogP contribution in [0.25, 0.3) is 0 Å². The van der Waals surface area contributed by atoms with E-state index in [0.717, 1.165) is 25.6 Å². The highest BCUT2D eigenvalue weighted by atomic mass is 32.1. The first-order valence-corrected chi connectivity index (χ1v) is 6.90. The van der Waals surface area contributed by atoms with Crippen molar-refractivity contribution >= 4 is 11.3 Å². The van der Waals surface area contributed by atoms with Crippen molar-refractivity contribution in [3.05, 3.63) is 21.9 Å². The summed E-state index contributed by atoms with van der Waals surface area (Å²) in [4.78, 5) is 5.30. The second-order valence-electron chi connectivity index (χ2n) is 4.74. The maximum absolute atomic E-state index is 3.36. The maximum Gasteiger partial charge on any atom is 0.0325 e. The lowest BCUT2D eigenvalue weighted by molar-refractivity contribution is 0.291. The fraction of sp³-hybridized carbons (Fsp3) is 0.692. The summed E-state index contributed by atoms with van der Waals surface area (Å²) in [7, 11) is 2.20. The molecule has 3 heteroatoms. The van der Waals surface area contributed by atoms with Gasteiger partial charge in [0.25, 0.3) is 0 Å². The minimum Gasteiger partial charge on any atom is -0.312 e. The molecular formula is C13H24N2S. The Morgan fingerprint density at radius 3 is 2.62 bits per heavy atom. The zero-order valence-corrected chi connectivity index (χ0v) is 11.7. The van der Waals surface area contributed by atoms with Crippen molar-refractivity contribution in [1.29, 1.82) is 0 Å². The van der Waals surface area contributed by atoms with E-state index in [9.17, 15) is 0 Å². The van der Waals surface area contributed by atoms with Crippen molar-refractivity contribution in [3.63, 3.8) is 0 Å². The topological polar surface area (TPSA) is 15.3 Å². The molecule has 1 aromatic heterocycles. The van der Waals surface area contributed by atoms with Crippen molar-refractivity contribution in [3.8, 4) is 0 Å². The molecule has 0 spiro atoms. The monoisotopic (exact) mass is 240 g/mol. The molecule has 1 rings (SSSR count). The minimum absolute atomic E-state index is 0.742. The van der Waals surface area contributed by atoms with E-state index in [0.29, 0.717) is 0 Å². The largest absolute Gasteiger partial charge is 0.312 e. The zero-order chi connectivity index (χ0) is 12.0. The Morgan fingerprint density at radius 1 is 1.31 bits per heavy atom. The molecule has 1 N–H and O–H groups in total. The average molecular weight is 240 g/mol. The summed E-state index contributed by atoms with van der Waals surface area (Å²) in [6, 6.07) is 4.50. The fourth-order valence-corrected chi connectivity index (χ4v) is 2.87. The Kier molecular flexibility index (Phi) is 6.03. The Morgan fingerprint density at radius 2 is 2.00 bits per heavy atom. The molecule has 0 aromatic carbocycles. The van der Waals surface area contributed by atoms with Gasteiger partial charge >= 0.3 is 0 Å². The van der Waals surface area contributed by atoms with Crippen molar-refractivity contribution in [2.24, 2.45) is 5.92 Å². The molecule has 92 valence electrons. The van der Waals surface area contributed by atoms with Gasteiger partial charge in [0.15, 0.2) is 0 Å². The van der Waals surface area contributed by atoms with Gasteiger partial charge in [0.1, 0.15) is 0 Å². The highest BCUT2D eigenvalue weighted by Crippen LogP contribution is 2.18. The lowest BCUT2D eigenvalue weighted by Gasteiger charge is -2.17. The number of hydrogen-bond donors (Lipinski definition) is 1. The third kappa shape index (κ3) is 5.10. The lowest BCUT2D eigenvalue weighted by Crippen LogP contribution is -2.22. The molecule has 0 saturated carbocycles. The van der Waals surface area contributed by atoms with Crippen LogP contribution < -0.4 is 5.32 Å². The van der Waals surface area contributed by atoms with Crippen LogP contribution >= 0.6 is 11.3 Å². The van der Waals surface area contributed by atoms with Crippen LogP contribution in [0.15, 0.2) is 12.1 Å². The molecule has 0 aliphatic carbocycles. The van der Waals surface area contributed by atoms with E-state index in [2.05, 4.69) is 50.2 Å². The maximum atomic E-state index is 3.36. The first kappa shape index (κ1) is 13.7. The second-order valence-corrected chi connectivity index (χ2v) is 5.99. The van der Waals surface area contributed by atoms with Crippen LogP contribution in [0.2, 0.25) is 0 Å². The Bertz CT molecular complexity index is 294. The molecule has 0 aliphatic heterocycles. The predicted molar refractivity (Wildman–Crippen MR) is 72.9 cm³/mol. The van der Waals surface area contributed by atoms with Gasteiger partial charge in [-0.05, 0) is 31.6 Å². The van der Waals surface area contributed by atoms with Gasteiger partial charge in [-0.1, -0.05) is 20.8 Å². The molecule has 1 aromatic rings. The summed E-state index contributed by atoms with van der Waals surface area (Å²) in [5.41, 5.74) is 0. The van der Waals surface area contributed by atoms with E-state index >= 15 is 0 Å². The van der Waals surface area contributed by atoms with Gasteiger partial charge in [0.05, 0.1) is 0 Å². The van der Waals surface area contributed by atoms with Crippen LogP contribution in [0.1, 0.15) is 30.5 Å². The predicted octanol–water partition coefficient (Wildman–Crippen LogP) is 2.95. The van der Waals surface area contributed by atoms with Gasteiger partial charge in [-0.3, -0.25) is 0 Å². The molecule has 0 atom stereocenters. The molecule has 0 fully saturated rings. The molecule has 1 heterocycles. The van der Waals surface area contributed by atoms with Gasteiger partial charge in [0, 0.05) is 29.4 Å². The smallest absolute Gasteiger partial charge is 0.0325 e.